The molecule has 0 heterocycles. The highest BCUT2D eigenvalue weighted by atomic mass is 32.1. The Balaban J connectivity index is 6.42. The molecular formula is C41H68S4. The molecular weight excluding hydrogens is 621 g/mol. The number of unbranched alkanes of at least 4 members (excludes halogenated alkanes) is 12. The van der Waals surface area contributed by atoms with Crippen LogP contribution in [0.4, 0.5) is 0 Å². The van der Waals surface area contributed by atoms with Gasteiger partial charge in [0.1, 0.15) is 0 Å². The van der Waals surface area contributed by atoms with Gasteiger partial charge >= 0.3 is 0 Å². The molecule has 0 radical (unpaired) electrons. The van der Waals surface area contributed by atoms with Crippen LogP contribution in [0.2, 0.25) is 0 Å². The first-order valence-corrected chi connectivity index (χ1v) is 19.9. The Bertz CT molecular complexity index is 808. The third kappa shape index (κ3) is 18.4. The summed E-state index contributed by atoms with van der Waals surface area (Å²) < 4.78 is 0. The second-order valence-corrected chi connectivity index (χ2v) is 15.4. The predicted molar refractivity (Wildman–Crippen MR) is 223 cm³/mol. The Morgan fingerprint density at radius 1 is 0.356 bits per heavy atom. The fourth-order valence-electron chi connectivity index (χ4n) is 5.93. The topological polar surface area (TPSA) is 0 Å². The average Bonchev–Trinajstić information content (AvgIpc) is 2.98. The number of hydrogen-bond acceptors (Lipinski definition) is 4. The maximum absolute atomic E-state index is 6.41. The van der Waals surface area contributed by atoms with Gasteiger partial charge in [0, 0.05) is 45.1 Å². The van der Waals surface area contributed by atoms with Gasteiger partial charge < -0.3 is 0 Å². The van der Waals surface area contributed by atoms with Crippen LogP contribution in [0, 0.1) is 5.41 Å². The van der Waals surface area contributed by atoms with Crippen molar-refractivity contribution in [3.8, 4) is 0 Å². The van der Waals surface area contributed by atoms with Gasteiger partial charge in [-0.1, -0.05) is 202 Å². The van der Waals surface area contributed by atoms with Gasteiger partial charge in [0.2, 0.25) is 0 Å². The summed E-state index contributed by atoms with van der Waals surface area (Å²) in [5.74, 6) is 0. The summed E-state index contributed by atoms with van der Waals surface area (Å²) in [6, 6.07) is 0. The molecule has 0 aliphatic rings. The summed E-state index contributed by atoms with van der Waals surface area (Å²) >= 11 is 25.6. The second-order valence-electron chi connectivity index (χ2n) is 13.4. The minimum absolute atomic E-state index is 0.622. The van der Waals surface area contributed by atoms with Crippen LogP contribution in [0.25, 0.3) is 0 Å². The van der Waals surface area contributed by atoms with Crippen molar-refractivity contribution in [3.05, 3.63) is 48.6 Å². The van der Waals surface area contributed by atoms with E-state index < -0.39 is 5.41 Å². The van der Waals surface area contributed by atoms with E-state index in [1.54, 1.807) is 0 Å². The zero-order valence-corrected chi connectivity index (χ0v) is 33.2. The molecule has 0 aromatic carbocycles. The molecule has 0 fully saturated rings. The highest BCUT2D eigenvalue weighted by molar-refractivity contribution is 7.86. The number of rotatable bonds is 32. The monoisotopic (exact) mass is 688 g/mol. The van der Waals surface area contributed by atoms with E-state index in [-0.39, 0.29) is 0 Å². The molecule has 0 aliphatic heterocycles. The molecule has 0 nitrogen and oxygen atoms in total. The van der Waals surface area contributed by atoms with Crippen molar-refractivity contribution in [2.24, 2.45) is 5.41 Å². The first-order valence-electron chi connectivity index (χ1n) is 18.3. The van der Waals surface area contributed by atoms with Crippen LogP contribution in [-0.4, -0.2) is 19.5 Å². The van der Waals surface area contributed by atoms with Gasteiger partial charge in [-0.15, -0.1) is 0 Å². The largest absolute Gasteiger partial charge is 0.0995 e. The van der Waals surface area contributed by atoms with E-state index in [4.69, 9.17) is 48.9 Å². The lowest BCUT2D eigenvalue weighted by Crippen LogP contribution is -2.50. The Hall–Kier alpha value is -0.680. The zero-order valence-electron chi connectivity index (χ0n) is 29.9. The molecule has 0 bridgehead atoms. The van der Waals surface area contributed by atoms with Crippen molar-refractivity contribution in [1.29, 1.82) is 0 Å². The van der Waals surface area contributed by atoms with Crippen LogP contribution in [0.3, 0.4) is 0 Å². The first kappa shape index (κ1) is 44.3. The van der Waals surface area contributed by atoms with E-state index in [1.807, 2.05) is 0 Å². The lowest BCUT2D eigenvalue weighted by atomic mass is 9.68. The number of allylic oxidation sites excluding steroid dienone is 4. The van der Waals surface area contributed by atoms with E-state index in [2.05, 4.69) is 54.0 Å². The van der Waals surface area contributed by atoms with Gasteiger partial charge in [0.25, 0.3) is 0 Å². The van der Waals surface area contributed by atoms with E-state index in [0.29, 0.717) is 25.7 Å². The molecule has 0 aromatic heterocycles. The molecule has 0 spiro atoms. The Kier molecular flexibility index (Phi) is 26.9. The van der Waals surface area contributed by atoms with Crippen molar-refractivity contribution >= 4 is 68.3 Å². The van der Waals surface area contributed by atoms with Crippen LogP contribution in [-0.2, 0) is 0 Å². The van der Waals surface area contributed by atoms with Crippen LogP contribution in [0.5, 0.6) is 0 Å². The molecule has 45 heavy (non-hydrogen) atoms. The van der Waals surface area contributed by atoms with Crippen LogP contribution in [0.15, 0.2) is 48.6 Å². The van der Waals surface area contributed by atoms with Crippen LogP contribution in [0.1, 0.15) is 182 Å². The van der Waals surface area contributed by atoms with E-state index in [1.165, 1.54) is 77.0 Å². The Labute approximate surface area is 302 Å². The minimum atomic E-state index is -0.882. The average molecular weight is 689 g/mol. The third-order valence-electron chi connectivity index (χ3n) is 8.85. The van der Waals surface area contributed by atoms with Gasteiger partial charge in [-0.25, -0.2) is 0 Å². The molecule has 0 amide bonds. The van der Waals surface area contributed by atoms with Gasteiger partial charge in [-0.05, 0) is 51.4 Å². The molecule has 4 heteroatoms. The summed E-state index contributed by atoms with van der Waals surface area (Å²) in [6.45, 7) is 26.9. The fourth-order valence-corrected chi connectivity index (χ4v) is 8.61. The summed E-state index contributed by atoms with van der Waals surface area (Å²) in [6.07, 6.45) is 25.7. The normalized spacial score (nSPS) is 11.3. The SMILES string of the molecule is C=C(CCCCCC)CC(=S)C(C(=S)CC(=C)CCCCCC)(C(=S)CC(=C)CCCCCC)C(=S)CC(=C)CCCCCC. The van der Waals surface area contributed by atoms with Gasteiger partial charge in [-0.2, -0.15) is 0 Å². The second kappa shape index (κ2) is 27.3. The summed E-state index contributed by atoms with van der Waals surface area (Å²) in [7, 11) is 0. The molecule has 0 atom stereocenters. The molecule has 0 saturated carbocycles. The highest BCUT2D eigenvalue weighted by Crippen LogP contribution is 2.39. The predicted octanol–water partition coefficient (Wildman–Crippen LogP) is 15.1. The first-order chi connectivity index (χ1) is 21.5. The standard InChI is InChI=1S/C41H68S4/c1-9-13-17-21-25-33(5)29-37(42)41(38(43)30-34(6)26-22-18-14-10-2,39(44)31-35(7)27-23-19-15-11-3)40(45)32-36(8)28-24-20-16-12-4/h5-32H2,1-4H3. The number of hydrogen-bond donors (Lipinski definition) is 0. The van der Waals surface area contributed by atoms with E-state index in [0.717, 1.165) is 93.1 Å². The zero-order chi connectivity index (χ0) is 34.1. The van der Waals surface area contributed by atoms with Crippen LogP contribution < -0.4 is 0 Å². The van der Waals surface area contributed by atoms with Crippen LogP contribution >= 0.6 is 48.9 Å². The van der Waals surface area contributed by atoms with E-state index in [9.17, 15) is 0 Å². The maximum Gasteiger partial charge on any atom is 0.0964 e. The van der Waals surface area contributed by atoms with Crippen molar-refractivity contribution in [3.63, 3.8) is 0 Å². The molecule has 0 N–H and O–H groups in total. The molecule has 0 aromatic rings. The van der Waals surface area contributed by atoms with Gasteiger partial charge in [0.05, 0.1) is 5.41 Å². The summed E-state index contributed by atoms with van der Waals surface area (Å²) in [5.41, 5.74) is 3.74. The smallest absolute Gasteiger partial charge is 0.0964 e. The third-order valence-corrected chi connectivity index (χ3v) is 10.7. The molecule has 0 rings (SSSR count). The van der Waals surface area contributed by atoms with Gasteiger partial charge in [-0.3, -0.25) is 0 Å². The Morgan fingerprint density at radius 3 is 0.733 bits per heavy atom. The summed E-state index contributed by atoms with van der Waals surface area (Å²) in [4.78, 5) is 3.33. The van der Waals surface area contributed by atoms with Crippen molar-refractivity contribution in [1.82, 2.24) is 0 Å². The fraction of sp³-hybridized carbons (Fsp3) is 0.707. The lowest BCUT2D eigenvalue weighted by molar-refractivity contribution is 0.659. The molecule has 0 saturated heterocycles. The maximum atomic E-state index is 6.41. The quantitative estimate of drug-likeness (QED) is 0.0392. The minimum Gasteiger partial charge on any atom is -0.0995 e. The van der Waals surface area contributed by atoms with Crippen molar-refractivity contribution < 1.29 is 0 Å². The molecule has 0 unspecified atom stereocenters. The summed E-state index contributed by atoms with van der Waals surface area (Å²) in [5, 5.41) is 0. The molecule has 0 aliphatic carbocycles. The van der Waals surface area contributed by atoms with Crippen molar-refractivity contribution in [2.45, 2.75) is 182 Å². The Morgan fingerprint density at radius 2 is 0.556 bits per heavy atom. The van der Waals surface area contributed by atoms with Crippen molar-refractivity contribution in [2.75, 3.05) is 0 Å². The van der Waals surface area contributed by atoms with E-state index >= 15 is 0 Å². The number of thiocarbonyl (C=S) groups is 4. The lowest BCUT2D eigenvalue weighted by Gasteiger charge is -2.38. The highest BCUT2D eigenvalue weighted by Gasteiger charge is 2.46. The molecule has 256 valence electrons. The van der Waals surface area contributed by atoms with Gasteiger partial charge in [0.15, 0.2) is 0 Å².